The lowest BCUT2D eigenvalue weighted by Crippen LogP contribution is -2.35. The molecule has 2 atom stereocenters. The molecule has 1 aliphatic carbocycles. The molecule has 2 unspecified atom stereocenters. The smallest absolute Gasteiger partial charge is 0.142 e. The first-order chi connectivity index (χ1) is 9.44. The lowest BCUT2D eigenvalue weighted by Gasteiger charge is -2.28. The van der Waals surface area contributed by atoms with Crippen LogP contribution in [0.25, 0.3) is 0 Å². The average molecular weight is 276 g/mol. The summed E-state index contributed by atoms with van der Waals surface area (Å²) in [4.78, 5) is 4.22. The van der Waals surface area contributed by atoms with Gasteiger partial charge in [-0.05, 0) is 52.0 Å². The summed E-state index contributed by atoms with van der Waals surface area (Å²) in [6.07, 6.45) is 9.02. The average Bonchev–Trinajstić information content (AvgIpc) is 2.37. The van der Waals surface area contributed by atoms with Crippen molar-refractivity contribution >= 4 is 0 Å². The second-order valence-corrected chi connectivity index (χ2v) is 7.10. The van der Waals surface area contributed by atoms with Crippen LogP contribution in [0.4, 0.5) is 0 Å². The van der Waals surface area contributed by atoms with Crippen LogP contribution in [0.3, 0.4) is 0 Å². The molecule has 0 aliphatic heterocycles. The summed E-state index contributed by atoms with van der Waals surface area (Å²) >= 11 is 0. The fourth-order valence-electron chi connectivity index (χ4n) is 2.69. The van der Waals surface area contributed by atoms with E-state index in [1.807, 2.05) is 12.4 Å². The number of rotatable bonds is 4. The standard InChI is InChI=1S/C17H28N2O/c1-13-6-5-7-15(10-13)20-16-12-18-9-8-14(16)11-19-17(2,3)4/h8-9,12-13,15,19H,5-7,10-11H2,1-4H3. The number of pyridine rings is 1. The second-order valence-electron chi connectivity index (χ2n) is 7.10. The molecule has 3 nitrogen and oxygen atoms in total. The summed E-state index contributed by atoms with van der Waals surface area (Å²) in [5.41, 5.74) is 1.31. The summed E-state index contributed by atoms with van der Waals surface area (Å²) in [7, 11) is 0. The molecule has 1 aliphatic rings. The van der Waals surface area contributed by atoms with Crippen LogP contribution in [-0.2, 0) is 6.54 Å². The molecule has 0 saturated heterocycles. The summed E-state index contributed by atoms with van der Waals surface area (Å²) < 4.78 is 6.22. The van der Waals surface area contributed by atoms with Crippen LogP contribution in [0.5, 0.6) is 5.75 Å². The number of nitrogens with one attached hydrogen (secondary N) is 1. The van der Waals surface area contributed by atoms with Gasteiger partial charge in [-0.3, -0.25) is 4.98 Å². The first-order valence-electron chi connectivity index (χ1n) is 7.78. The molecule has 1 aromatic heterocycles. The van der Waals surface area contributed by atoms with Gasteiger partial charge in [0, 0.05) is 23.8 Å². The SMILES string of the molecule is CC1CCCC(Oc2cnccc2CNC(C)(C)C)C1. The Bertz CT molecular complexity index is 425. The molecule has 1 fully saturated rings. The van der Waals surface area contributed by atoms with Gasteiger partial charge in [-0.15, -0.1) is 0 Å². The molecule has 3 heteroatoms. The number of nitrogens with zero attached hydrogens (tertiary/aromatic N) is 1. The monoisotopic (exact) mass is 276 g/mol. The molecule has 0 bridgehead atoms. The Morgan fingerprint density at radius 3 is 2.85 bits per heavy atom. The highest BCUT2D eigenvalue weighted by atomic mass is 16.5. The largest absolute Gasteiger partial charge is 0.488 e. The van der Waals surface area contributed by atoms with E-state index in [9.17, 15) is 0 Å². The van der Waals surface area contributed by atoms with Gasteiger partial charge < -0.3 is 10.1 Å². The fraction of sp³-hybridized carbons (Fsp3) is 0.706. The molecular formula is C17H28N2O. The molecule has 20 heavy (non-hydrogen) atoms. The predicted molar refractivity (Wildman–Crippen MR) is 82.9 cm³/mol. The molecule has 0 radical (unpaired) electrons. The molecule has 1 heterocycles. The van der Waals surface area contributed by atoms with E-state index in [0.717, 1.165) is 18.2 Å². The fourth-order valence-corrected chi connectivity index (χ4v) is 2.69. The predicted octanol–water partition coefficient (Wildman–Crippen LogP) is 3.93. The Morgan fingerprint density at radius 2 is 2.15 bits per heavy atom. The first kappa shape index (κ1) is 15.3. The zero-order valence-electron chi connectivity index (χ0n) is 13.3. The van der Waals surface area contributed by atoms with Crippen LogP contribution in [0.2, 0.25) is 0 Å². The van der Waals surface area contributed by atoms with Crippen molar-refractivity contribution in [2.75, 3.05) is 0 Å². The second kappa shape index (κ2) is 6.57. The summed E-state index contributed by atoms with van der Waals surface area (Å²) in [5.74, 6) is 1.73. The minimum absolute atomic E-state index is 0.111. The highest BCUT2D eigenvalue weighted by Crippen LogP contribution is 2.28. The van der Waals surface area contributed by atoms with E-state index in [-0.39, 0.29) is 5.54 Å². The van der Waals surface area contributed by atoms with Gasteiger partial charge in [0.2, 0.25) is 0 Å². The summed E-state index contributed by atoms with van der Waals surface area (Å²) in [6.45, 7) is 9.68. The molecular weight excluding hydrogens is 248 g/mol. The van der Waals surface area contributed by atoms with Gasteiger partial charge in [0.15, 0.2) is 0 Å². The number of ether oxygens (including phenoxy) is 1. The zero-order valence-corrected chi connectivity index (χ0v) is 13.3. The topological polar surface area (TPSA) is 34.1 Å². The van der Waals surface area contributed by atoms with Gasteiger partial charge in [0.1, 0.15) is 5.75 Å². The maximum absolute atomic E-state index is 6.22. The third-order valence-corrected chi connectivity index (χ3v) is 3.86. The van der Waals surface area contributed by atoms with E-state index in [4.69, 9.17) is 4.74 Å². The highest BCUT2D eigenvalue weighted by molar-refractivity contribution is 5.30. The lowest BCUT2D eigenvalue weighted by molar-refractivity contribution is 0.127. The van der Waals surface area contributed by atoms with Crippen molar-refractivity contribution in [2.45, 2.75) is 71.6 Å². The maximum atomic E-state index is 6.22. The molecule has 112 valence electrons. The van der Waals surface area contributed by atoms with E-state index in [1.165, 1.54) is 31.2 Å². The van der Waals surface area contributed by atoms with Crippen molar-refractivity contribution in [3.8, 4) is 5.75 Å². The normalized spacial score (nSPS) is 23.6. The van der Waals surface area contributed by atoms with Gasteiger partial charge in [0.25, 0.3) is 0 Å². The number of hydrogen-bond donors (Lipinski definition) is 1. The summed E-state index contributed by atoms with van der Waals surface area (Å²) in [6, 6.07) is 2.06. The van der Waals surface area contributed by atoms with Crippen molar-refractivity contribution in [1.82, 2.24) is 10.3 Å². The van der Waals surface area contributed by atoms with E-state index in [0.29, 0.717) is 6.10 Å². The Labute approximate surface area is 123 Å². The molecule has 0 aromatic carbocycles. The summed E-state index contributed by atoms with van der Waals surface area (Å²) in [5, 5.41) is 3.52. The first-order valence-corrected chi connectivity index (χ1v) is 7.78. The van der Waals surface area contributed by atoms with Gasteiger partial charge in [0.05, 0.1) is 12.3 Å². The third-order valence-electron chi connectivity index (χ3n) is 3.86. The van der Waals surface area contributed by atoms with Crippen molar-refractivity contribution < 1.29 is 4.74 Å². The van der Waals surface area contributed by atoms with Crippen molar-refractivity contribution in [1.29, 1.82) is 0 Å². The lowest BCUT2D eigenvalue weighted by atomic mass is 9.89. The van der Waals surface area contributed by atoms with Crippen molar-refractivity contribution in [2.24, 2.45) is 5.92 Å². The Hall–Kier alpha value is -1.09. The minimum atomic E-state index is 0.111. The van der Waals surface area contributed by atoms with Crippen LogP contribution in [0.15, 0.2) is 18.5 Å². The number of hydrogen-bond acceptors (Lipinski definition) is 3. The zero-order chi connectivity index (χ0) is 14.6. The van der Waals surface area contributed by atoms with Gasteiger partial charge in [-0.2, -0.15) is 0 Å². The third kappa shape index (κ3) is 4.78. The van der Waals surface area contributed by atoms with Gasteiger partial charge in [-0.25, -0.2) is 0 Å². The molecule has 1 saturated carbocycles. The van der Waals surface area contributed by atoms with Crippen molar-refractivity contribution in [3.63, 3.8) is 0 Å². The van der Waals surface area contributed by atoms with Crippen LogP contribution >= 0.6 is 0 Å². The van der Waals surface area contributed by atoms with E-state index in [2.05, 4.69) is 44.1 Å². The van der Waals surface area contributed by atoms with Gasteiger partial charge >= 0.3 is 0 Å². The van der Waals surface area contributed by atoms with Crippen LogP contribution < -0.4 is 10.1 Å². The molecule has 0 amide bonds. The molecule has 2 rings (SSSR count). The maximum Gasteiger partial charge on any atom is 0.142 e. The number of aromatic nitrogens is 1. The van der Waals surface area contributed by atoms with E-state index in [1.54, 1.807) is 0 Å². The molecule has 1 N–H and O–H groups in total. The Kier molecular flexibility index (Phi) is 5.03. The quantitative estimate of drug-likeness (QED) is 0.905. The highest BCUT2D eigenvalue weighted by Gasteiger charge is 2.21. The van der Waals surface area contributed by atoms with Crippen molar-refractivity contribution in [3.05, 3.63) is 24.0 Å². The van der Waals surface area contributed by atoms with Crippen LogP contribution in [0, 0.1) is 5.92 Å². The minimum Gasteiger partial charge on any atom is -0.488 e. The Morgan fingerprint density at radius 1 is 1.35 bits per heavy atom. The van der Waals surface area contributed by atoms with E-state index < -0.39 is 0 Å². The molecule has 0 spiro atoms. The van der Waals surface area contributed by atoms with Gasteiger partial charge in [-0.1, -0.05) is 13.3 Å². The molecule has 1 aromatic rings. The van der Waals surface area contributed by atoms with Crippen LogP contribution in [-0.4, -0.2) is 16.6 Å². The Balaban J connectivity index is 2.00. The van der Waals surface area contributed by atoms with E-state index >= 15 is 0 Å². The van der Waals surface area contributed by atoms with Crippen LogP contribution in [0.1, 0.15) is 58.9 Å².